The summed E-state index contributed by atoms with van der Waals surface area (Å²) in [7, 11) is -3.11. The van der Waals surface area contributed by atoms with Gasteiger partial charge in [-0.2, -0.15) is 0 Å². The number of anilines is 1. The zero-order valence-corrected chi connectivity index (χ0v) is 15.3. The zero-order valence-electron chi connectivity index (χ0n) is 14.5. The molecule has 1 aliphatic heterocycles. The van der Waals surface area contributed by atoms with Crippen LogP contribution in [0.5, 0.6) is 0 Å². The Hall–Kier alpha value is -2.09. The van der Waals surface area contributed by atoms with E-state index in [0.717, 1.165) is 0 Å². The second-order valence-corrected chi connectivity index (χ2v) is 8.54. The molecular weight excluding hydrogens is 344 g/mol. The van der Waals surface area contributed by atoms with Gasteiger partial charge in [0.1, 0.15) is 0 Å². The van der Waals surface area contributed by atoms with Crippen LogP contribution in [0.3, 0.4) is 0 Å². The van der Waals surface area contributed by atoms with Crippen LogP contribution in [0, 0.1) is 0 Å². The lowest BCUT2D eigenvalue weighted by Crippen LogP contribution is -2.48. The molecule has 0 saturated carbocycles. The van der Waals surface area contributed by atoms with Gasteiger partial charge in [0.2, 0.25) is 0 Å². The molecule has 0 radical (unpaired) electrons. The van der Waals surface area contributed by atoms with Crippen molar-refractivity contribution >= 4 is 27.4 Å². The van der Waals surface area contributed by atoms with Crippen LogP contribution in [-0.2, 0) is 19.4 Å². The number of ether oxygens (including phenoxy) is 1. The Morgan fingerprint density at radius 2 is 1.96 bits per heavy atom. The van der Waals surface area contributed by atoms with Gasteiger partial charge in [0.15, 0.2) is 16.4 Å². The average Bonchev–Trinajstić information content (AvgIpc) is 2.92. The van der Waals surface area contributed by atoms with Crippen molar-refractivity contribution in [1.82, 2.24) is 4.90 Å². The van der Waals surface area contributed by atoms with E-state index in [2.05, 4.69) is 0 Å². The highest BCUT2D eigenvalue weighted by Crippen LogP contribution is 2.21. The number of nitrogens with zero attached hydrogens (tertiary/aromatic N) is 1. The van der Waals surface area contributed by atoms with Crippen LogP contribution in [0.1, 0.15) is 37.0 Å². The van der Waals surface area contributed by atoms with Gasteiger partial charge in [-0.15, -0.1) is 0 Å². The molecule has 1 aromatic rings. The number of hydrogen-bond donors (Lipinski definition) is 1. The zero-order chi connectivity index (χ0) is 18.6. The summed E-state index contributed by atoms with van der Waals surface area (Å²) in [5.74, 6) is -0.935. The SMILES string of the molecule is CC[C@H](C)N(C(=O)COC(=O)c1ccc(N)cc1)[C@H]1CCS(=O)(=O)C1. The Morgan fingerprint density at radius 1 is 1.32 bits per heavy atom. The monoisotopic (exact) mass is 368 g/mol. The van der Waals surface area contributed by atoms with Crippen molar-refractivity contribution in [3.63, 3.8) is 0 Å². The Balaban J connectivity index is 2.02. The summed E-state index contributed by atoms with van der Waals surface area (Å²) in [5, 5.41) is 0. The number of carbonyl (C=O) groups excluding carboxylic acids is 2. The lowest BCUT2D eigenvalue weighted by Gasteiger charge is -2.33. The first-order valence-electron chi connectivity index (χ1n) is 8.27. The lowest BCUT2D eigenvalue weighted by molar-refractivity contribution is -0.138. The Morgan fingerprint density at radius 3 is 2.48 bits per heavy atom. The maximum atomic E-state index is 12.6. The standard InChI is InChI=1S/C17H24N2O5S/c1-3-12(2)19(15-8-9-25(22,23)11-15)16(20)10-24-17(21)13-4-6-14(18)7-5-13/h4-7,12,15H,3,8-11,18H2,1-2H3/t12-,15-/m0/s1. The van der Waals surface area contributed by atoms with Gasteiger partial charge in [-0.05, 0) is 44.0 Å². The number of nitrogen functional groups attached to an aromatic ring is 1. The summed E-state index contributed by atoms with van der Waals surface area (Å²) in [5.41, 5.74) is 6.40. The molecule has 0 bridgehead atoms. The first-order valence-corrected chi connectivity index (χ1v) is 10.1. The van der Waals surface area contributed by atoms with Gasteiger partial charge in [-0.3, -0.25) is 4.79 Å². The van der Waals surface area contributed by atoms with Crippen molar-refractivity contribution in [2.75, 3.05) is 23.8 Å². The molecule has 1 aliphatic rings. The van der Waals surface area contributed by atoms with Crippen molar-refractivity contribution in [2.24, 2.45) is 0 Å². The second kappa shape index (κ2) is 7.86. The van der Waals surface area contributed by atoms with Crippen molar-refractivity contribution in [3.05, 3.63) is 29.8 Å². The topological polar surface area (TPSA) is 107 Å². The van der Waals surface area contributed by atoms with E-state index in [0.29, 0.717) is 24.1 Å². The van der Waals surface area contributed by atoms with E-state index in [1.54, 1.807) is 17.0 Å². The lowest BCUT2D eigenvalue weighted by atomic mass is 10.1. The summed E-state index contributed by atoms with van der Waals surface area (Å²) < 4.78 is 28.5. The molecule has 0 aliphatic carbocycles. The van der Waals surface area contributed by atoms with E-state index in [4.69, 9.17) is 10.5 Å². The Bertz CT molecular complexity index is 730. The van der Waals surface area contributed by atoms with Crippen molar-refractivity contribution in [2.45, 2.75) is 38.8 Å². The van der Waals surface area contributed by atoms with Gasteiger partial charge in [0, 0.05) is 17.8 Å². The molecule has 1 fully saturated rings. The van der Waals surface area contributed by atoms with Gasteiger partial charge in [-0.25, -0.2) is 13.2 Å². The van der Waals surface area contributed by atoms with E-state index >= 15 is 0 Å². The highest BCUT2D eigenvalue weighted by atomic mass is 32.2. The normalized spacial score (nSPS) is 20.0. The van der Waals surface area contributed by atoms with E-state index in [-0.39, 0.29) is 29.5 Å². The minimum absolute atomic E-state index is 0.0327. The van der Waals surface area contributed by atoms with E-state index in [1.807, 2.05) is 13.8 Å². The van der Waals surface area contributed by atoms with E-state index in [9.17, 15) is 18.0 Å². The fourth-order valence-corrected chi connectivity index (χ4v) is 4.62. The third-order valence-electron chi connectivity index (χ3n) is 4.43. The number of esters is 1. The minimum atomic E-state index is -3.11. The molecular formula is C17H24N2O5S. The maximum Gasteiger partial charge on any atom is 0.338 e. The summed E-state index contributed by atoms with van der Waals surface area (Å²) >= 11 is 0. The predicted molar refractivity (Wildman–Crippen MR) is 94.8 cm³/mol. The van der Waals surface area contributed by atoms with Crippen LogP contribution < -0.4 is 5.73 Å². The fourth-order valence-electron chi connectivity index (χ4n) is 2.91. The second-order valence-electron chi connectivity index (χ2n) is 6.31. The van der Waals surface area contributed by atoms with Gasteiger partial charge in [-0.1, -0.05) is 6.92 Å². The molecule has 25 heavy (non-hydrogen) atoms. The van der Waals surface area contributed by atoms with Crippen LogP contribution in [0.4, 0.5) is 5.69 Å². The first kappa shape index (κ1) is 19.2. The summed E-state index contributed by atoms with van der Waals surface area (Å²) in [4.78, 5) is 26.1. The highest BCUT2D eigenvalue weighted by Gasteiger charge is 2.36. The third-order valence-corrected chi connectivity index (χ3v) is 6.18. The van der Waals surface area contributed by atoms with Crippen molar-refractivity contribution in [1.29, 1.82) is 0 Å². The van der Waals surface area contributed by atoms with E-state index < -0.39 is 22.4 Å². The van der Waals surface area contributed by atoms with Crippen molar-refractivity contribution in [3.8, 4) is 0 Å². The molecule has 2 rings (SSSR count). The van der Waals surface area contributed by atoms with Crippen LogP contribution >= 0.6 is 0 Å². The number of benzene rings is 1. The Labute approximate surface area is 148 Å². The van der Waals surface area contributed by atoms with Crippen molar-refractivity contribution < 1.29 is 22.7 Å². The molecule has 1 heterocycles. The number of nitrogens with two attached hydrogens (primary N) is 1. The minimum Gasteiger partial charge on any atom is -0.452 e. The summed E-state index contributed by atoms with van der Waals surface area (Å²) in [6, 6.07) is 5.72. The number of hydrogen-bond acceptors (Lipinski definition) is 6. The van der Waals surface area contributed by atoms with Gasteiger partial charge < -0.3 is 15.4 Å². The molecule has 1 saturated heterocycles. The molecule has 1 aromatic carbocycles. The molecule has 2 N–H and O–H groups in total. The van der Waals surface area contributed by atoms with Crippen LogP contribution in [0.2, 0.25) is 0 Å². The Kier molecular flexibility index (Phi) is 6.05. The fraction of sp³-hybridized carbons (Fsp3) is 0.529. The van der Waals surface area contributed by atoms with Crippen LogP contribution in [0.25, 0.3) is 0 Å². The molecule has 7 nitrogen and oxygen atoms in total. The first-order chi connectivity index (χ1) is 11.7. The molecule has 0 unspecified atom stereocenters. The van der Waals surface area contributed by atoms with Gasteiger partial charge >= 0.3 is 5.97 Å². The molecule has 1 amide bonds. The summed E-state index contributed by atoms with van der Waals surface area (Å²) in [6.45, 7) is 3.38. The number of sulfone groups is 1. The quantitative estimate of drug-likeness (QED) is 0.598. The highest BCUT2D eigenvalue weighted by molar-refractivity contribution is 7.91. The van der Waals surface area contributed by atoms with Crippen LogP contribution in [0.15, 0.2) is 24.3 Å². The van der Waals surface area contributed by atoms with Gasteiger partial charge in [0.05, 0.1) is 17.1 Å². The van der Waals surface area contributed by atoms with Crippen LogP contribution in [-0.4, -0.2) is 55.4 Å². The predicted octanol–water partition coefficient (Wildman–Crippen LogP) is 1.24. The molecule has 8 heteroatoms. The van der Waals surface area contributed by atoms with Gasteiger partial charge in [0.25, 0.3) is 5.91 Å². The third kappa shape index (κ3) is 4.94. The average molecular weight is 368 g/mol. The molecule has 0 spiro atoms. The number of amides is 1. The number of carbonyl (C=O) groups is 2. The molecule has 138 valence electrons. The smallest absolute Gasteiger partial charge is 0.338 e. The molecule has 0 aromatic heterocycles. The number of rotatable bonds is 6. The molecule has 2 atom stereocenters. The summed E-state index contributed by atoms with van der Waals surface area (Å²) in [6.07, 6.45) is 1.11. The maximum absolute atomic E-state index is 12.6. The largest absolute Gasteiger partial charge is 0.452 e. The van der Waals surface area contributed by atoms with E-state index in [1.165, 1.54) is 12.1 Å².